The van der Waals surface area contributed by atoms with Crippen LogP contribution in [-0.4, -0.2) is 65.1 Å². The quantitative estimate of drug-likeness (QED) is 0.744. The van der Waals surface area contributed by atoms with Gasteiger partial charge in [0, 0.05) is 45.1 Å². The zero-order chi connectivity index (χ0) is 21.8. The van der Waals surface area contributed by atoms with E-state index in [0.717, 1.165) is 44.2 Å². The smallest absolute Gasteiger partial charge is 0.228 e. The molecule has 2 heterocycles. The second kappa shape index (κ2) is 9.84. The molecule has 31 heavy (non-hydrogen) atoms. The van der Waals surface area contributed by atoms with E-state index in [4.69, 9.17) is 0 Å². The zero-order valence-electron chi connectivity index (χ0n) is 18.7. The van der Waals surface area contributed by atoms with Crippen LogP contribution in [0.2, 0.25) is 0 Å². The van der Waals surface area contributed by atoms with Gasteiger partial charge in [0.05, 0.1) is 12.0 Å². The first kappa shape index (κ1) is 21.8. The molecule has 3 fully saturated rings. The summed E-state index contributed by atoms with van der Waals surface area (Å²) in [5.41, 5.74) is 1.09. The first-order chi connectivity index (χ1) is 15.0. The van der Waals surface area contributed by atoms with Gasteiger partial charge in [-0.3, -0.25) is 14.4 Å². The maximum Gasteiger partial charge on any atom is 0.228 e. The molecule has 168 valence electrons. The molecule has 0 N–H and O–H groups in total. The van der Waals surface area contributed by atoms with Gasteiger partial charge in [0.1, 0.15) is 0 Å². The number of likely N-dealkylation sites (tertiary alicyclic amines) is 1. The van der Waals surface area contributed by atoms with E-state index >= 15 is 0 Å². The number of benzene rings is 1. The maximum atomic E-state index is 13.2. The number of rotatable bonds is 4. The summed E-state index contributed by atoms with van der Waals surface area (Å²) in [4.78, 5) is 44.5. The molecule has 2 atom stereocenters. The minimum Gasteiger partial charge on any atom is -0.341 e. The van der Waals surface area contributed by atoms with Gasteiger partial charge in [0.25, 0.3) is 0 Å². The lowest BCUT2D eigenvalue weighted by Crippen LogP contribution is -2.42. The summed E-state index contributed by atoms with van der Waals surface area (Å²) in [6, 6.07) is 9.95. The second-order valence-electron chi connectivity index (χ2n) is 9.37. The highest BCUT2D eigenvalue weighted by atomic mass is 16.2. The van der Waals surface area contributed by atoms with Crippen LogP contribution in [0.5, 0.6) is 0 Å². The van der Waals surface area contributed by atoms with Crippen LogP contribution < -0.4 is 0 Å². The Labute approximate surface area is 185 Å². The van der Waals surface area contributed by atoms with E-state index in [-0.39, 0.29) is 42.0 Å². The van der Waals surface area contributed by atoms with Gasteiger partial charge in [0.15, 0.2) is 0 Å². The van der Waals surface area contributed by atoms with Gasteiger partial charge >= 0.3 is 0 Å². The van der Waals surface area contributed by atoms with E-state index in [1.807, 2.05) is 52.0 Å². The number of hydrogen-bond acceptors (Lipinski definition) is 3. The molecule has 2 saturated heterocycles. The van der Waals surface area contributed by atoms with Crippen LogP contribution in [0.4, 0.5) is 0 Å². The SMILES string of the molecule is CC(c1ccccc1)N1CC(C(=O)N2CCCN(C(=O)C3CCCCC3)CC2)CC1=O. The Morgan fingerprint density at radius 1 is 0.839 bits per heavy atom. The summed E-state index contributed by atoms with van der Waals surface area (Å²) in [5, 5.41) is 0. The highest BCUT2D eigenvalue weighted by molar-refractivity contribution is 5.89. The fourth-order valence-corrected chi connectivity index (χ4v) is 5.41. The first-order valence-corrected chi connectivity index (χ1v) is 12.0. The van der Waals surface area contributed by atoms with Gasteiger partial charge in [-0.25, -0.2) is 0 Å². The fraction of sp³-hybridized carbons (Fsp3) is 0.640. The molecular formula is C25H35N3O3. The highest BCUT2D eigenvalue weighted by Gasteiger charge is 2.39. The number of hydrogen-bond donors (Lipinski definition) is 0. The first-order valence-electron chi connectivity index (χ1n) is 12.0. The van der Waals surface area contributed by atoms with Crippen molar-refractivity contribution in [3.8, 4) is 0 Å². The molecule has 3 aliphatic rings. The normalized spacial score (nSPS) is 24.2. The lowest BCUT2D eigenvalue weighted by molar-refractivity contribution is -0.138. The average molecular weight is 426 g/mol. The summed E-state index contributed by atoms with van der Waals surface area (Å²) in [5.74, 6) is 0.311. The van der Waals surface area contributed by atoms with Crippen LogP contribution in [-0.2, 0) is 14.4 Å². The van der Waals surface area contributed by atoms with Crippen LogP contribution in [0.15, 0.2) is 30.3 Å². The lowest BCUT2D eigenvalue weighted by atomic mass is 9.88. The van der Waals surface area contributed by atoms with Gasteiger partial charge in [-0.1, -0.05) is 49.6 Å². The molecule has 0 spiro atoms. The van der Waals surface area contributed by atoms with E-state index in [9.17, 15) is 14.4 Å². The van der Waals surface area contributed by atoms with Crippen molar-refractivity contribution < 1.29 is 14.4 Å². The molecule has 6 nitrogen and oxygen atoms in total. The van der Waals surface area contributed by atoms with Crippen molar-refractivity contribution in [1.29, 1.82) is 0 Å². The van der Waals surface area contributed by atoms with Crippen LogP contribution in [0.25, 0.3) is 0 Å². The molecular weight excluding hydrogens is 390 g/mol. The Morgan fingerprint density at radius 2 is 1.45 bits per heavy atom. The predicted octanol–water partition coefficient (Wildman–Crippen LogP) is 3.24. The van der Waals surface area contributed by atoms with E-state index in [1.54, 1.807) is 0 Å². The molecule has 2 unspecified atom stereocenters. The third kappa shape index (κ3) is 4.94. The third-order valence-electron chi connectivity index (χ3n) is 7.33. The zero-order valence-corrected chi connectivity index (χ0v) is 18.7. The molecule has 0 radical (unpaired) electrons. The molecule has 1 saturated carbocycles. The summed E-state index contributed by atoms with van der Waals surface area (Å²) in [6.07, 6.45) is 6.68. The molecule has 3 amide bonds. The van der Waals surface area contributed by atoms with E-state index in [0.29, 0.717) is 26.2 Å². The Kier molecular flexibility index (Phi) is 6.93. The van der Waals surface area contributed by atoms with E-state index < -0.39 is 0 Å². The minimum absolute atomic E-state index is 0.0285. The van der Waals surface area contributed by atoms with Gasteiger partial charge in [-0.05, 0) is 31.7 Å². The van der Waals surface area contributed by atoms with Crippen molar-refractivity contribution in [2.75, 3.05) is 32.7 Å². The van der Waals surface area contributed by atoms with Crippen LogP contribution in [0.3, 0.4) is 0 Å². The Hall–Kier alpha value is -2.37. The van der Waals surface area contributed by atoms with Crippen LogP contribution in [0.1, 0.15) is 63.5 Å². The standard InChI is InChI=1S/C25H35N3O3/c1-19(20-9-4-2-5-10-20)28-18-22(17-23(28)29)25(31)27-14-8-13-26(15-16-27)24(30)21-11-6-3-7-12-21/h2,4-5,9-10,19,21-22H,3,6-8,11-18H2,1H3. The van der Waals surface area contributed by atoms with E-state index in [1.165, 1.54) is 6.42 Å². The number of amides is 3. The molecule has 2 aliphatic heterocycles. The van der Waals surface area contributed by atoms with Gasteiger partial charge in [0.2, 0.25) is 17.7 Å². The lowest BCUT2D eigenvalue weighted by Gasteiger charge is -2.29. The van der Waals surface area contributed by atoms with Crippen molar-refractivity contribution in [2.45, 2.75) is 57.9 Å². The molecule has 1 aromatic rings. The summed E-state index contributed by atoms with van der Waals surface area (Å²) in [6.45, 7) is 5.11. The second-order valence-corrected chi connectivity index (χ2v) is 9.37. The molecule has 0 bridgehead atoms. The summed E-state index contributed by atoms with van der Waals surface area (Å²) in [7, 11) is 0. The number of carbonyl (C=O) groups is 3. The average Bonchev–Trinajstić information content (AvgIpc) is 3.04. The topological polar surface area (TPSA) is 60.9 Å². The van der Waals surface area contributed by atoms with Crippen LogP contribution >= 0.6 is 0 Å². The molecule has 1 aliphatic carbocycles. The molecule has 1 aromatic carbocycles. The molecule has 0 aromatic heterocycles. The van der Waals surface area contributed by atoms with Crippen molar-refractivity contribution in [3.63, 3.8) is 0 Å². The minimum atomic E-state index is -0.278. The molecule has 6 heteroatoms. The predicted molar refractivity (Wildman–Crippen MR) is 119 cm³/mol. The Balaban J connectivity index is 1.33. The largest absolute Gasteiger partial charge is 0.341 e. The van der Waals surface area contributed by atoms with E-state index in [2.05, 4.69) is 0 Å². The van der Waals surface area contributed by atoms with Crippen molar-refractivity contribution >= 4 is 17.7 Å². The highest BCUT2D eigenvalue weighted by Crippen LogP contribution is 2.30. The van der Waals surface area contributed by atoms with Gasteiger partial charge in [-0.15, -0.1) is 0 Å². The Morgan fingerprint density at radius 3 is 2.10 bits per heavy atom. The molecule has 4 rings (SSSR count). The summed E-state index contributed by atoms with van der Waals surface area (Å²) >= 11 is 0. The monoisotopic (exact) mass is 425 g/mol. The maximum absolute atomic E-state index is 13.2. The van der Waals surface area contributed by atoms with Gasteiger partial charge < -0.3 is 14.7 Å². The van der Waals surface area contributed by atoms with Crippen molar-refractivity contribution in [2.24, 2.45) is 11.8 Å². The van der Waals surface area contributed by atoms with Gasteiger partial charge in [-0.2, -0.15) is 0 Å². The summed E-state index contributed by atoms with van der Waals surface area (Å²) < 4.78 is 0. The third-order valence-corrected chi connectivity index (χ3v) is 7.33. The number of nitrogens with zero attached hydrogens (tertiary/aromatic N) is 3. The number of carbonyl (C=O) groups excluding carboxylic acids is 3. The Bertz CT molecular complexity index is 790. The fourth-order valence-electron chi connectivity index (χ4n) is 5.41. The van der Waals surface area contributed by atoms with Crippen LogP contribution in [0, 0.1) is 11.8 Å². The van der Waals surface area contributed by atoms with Crippen molar-refractivity contribution in [3.05, 3.63) is 35.9 Å². The van der Waals surface area contributed by atoms with Crippen molar-refractivity contribution in [1.82, 2.24) is 14.7 Å².